The number of rotatable bonds is 4. The number of aromatic nitrogens is 2. The molecule has 1 atom stereocenters. The highest BCUT2D eigenvalue weighted by Gasteiger charge is 2.32. The molecular formula is C18H23N3O3. The molecule has 0 aliphatic carbocycles. The van der Waals surface area contributed by atoms with Gasteiger partial charge in [-0.3, -0.25) is 9.48 Å². The molecule has 128 valence electrons. The van der Waals surface area contributed by atoms with E-state index >= 15 is 0 Å². The van der Waals surface area contributed by atoms with Crippen LogP contribution < -0.4 is 9.47 Å². The van der Waals surface area contributed by atoms with Crippen LogP contribution in [0.3, 0.4) is 0 Å². The lowest BCUT2D eigenvalue weighted by molar-refractivity contribution is 0.0734. The fourth-order valence-electron chi connectivity index (χ4n) is 3.28. The van der Waals surface area contributed by atoms with Crippen molar-refractivity contribution >= 4 is 5.91 Å². The van der Waals surface area contributed by atoms with Gasteiger partial charge in [0.25, 0.3) is 5.91 Å². The number of hydrogen-bond donors (Lipinski definition) is 0. The van der Waals surface area contributed by atoms with Crippen molar-refractivity contribution in [1.29, 1.82) is 0 Å². The van der Waals surface area contributed by atoms with Crippen molar-refractivity contribution in [3.63, 3.8) is 0 Å². The van der Waals surface area contributed by atoms with Gasteiger partial charge in [-0.15, -0.1) is 0 Å². The number of methoxy groups -OCH3 is 2. The minimum Gasteiger partial charge on any atom is -0.493 e. The topological polar surface area (TPSA) is 56.6 Å². The molecule has 0 saturated carbocycles. The van der Waals surface area contributed by atoms with Crippen LogP contribution in [0.15, 0.2) is 24.4 Å². The van der Waals surface area contributed by atoms with Crippen LogP contribution in [-0.4, -0.2) is 41.4 Å². The molecule has 1 aromatic carbocycles. The number of likely N-dealkylation sites (tertiary alicyclic amines) is 1. The summed E-state index contributed by atoms with van der Waals surface area (Å²) < 4.78 is 12.4. The third kappa shape index (κ3) is 2.72. The SMILES string of the molecule is COc1ccc([C@H]2CCCN2C(=O)c2cnn(C)c2C)cc1OC. The smallest absolute Gasteiger partial charge is 0.257 e. The molecule has 0 radical (unpaired) electrons. The van der Waals surface area contributed by atoms with E-state index in [4.69, 9.17) is 9.47 Å². The number of hydrogen-bond acceptors (Lipinski definition) is 4. The molecule has 1 aromatic heterocycles. The summed E-state index contributed by atoms with van der Waals surface area (Å²) in [7, 11) is 5.09. The van der Waals surface area contributed by atoms with Gasteiger partial charge in [0.05, 0.1) is 32.0 Å². The molecular weight excluding hydrogens is 306 g/mol. The minimum atomic E-state index is 0.0397. The van der Waals surface area contributed by atoms with E-state index in [9.17, 15) is 4.79 Å². The van der Waals surface area contributed by atoms with E-state index in [2.05, 4.69) is 5.10 Å². The average molecular weight is 329 g/mol. The van der Waals surface area contributed by atoms with Crippen molar-refractivity contribution in [2.24, 2.45) is 7.05 Å². The van der Waals surface area contributed by atoms with Gasteiger partial charge in [-0.25, -0.2) is 0 Å². The van der Waals surface area contributed by atoms with Gasteiger partial charge in [-0.1, -0.05) is 6.07 Å². The van der Waals surface area contributed by atoms with Crippen LogP contribution in [0.1, 0.15) is 40.5 Å². The lowest BCUT2D eigenvalue weighted by atomic mass is 10.0. The summed E-state index contributed by atoms with van der Waals surface area (Å²) in [4.78, 5) is 14.9. The number of ether oxygens (including phenoxy) is 2. The Hall–Kier alpha value is -2.50. The second-order valence-electron chi connectivity index (χ2n) is 6.04. The third-order valence-corrected chi connectivity index (χ3v) is 4.77. The first-order chi connectivity index (χ1) is 11.6. The average Bonchev–Trinajstić information content (AvgIpc) is 3.21. The highest BCUT2D eigenvalue weighted by molar-refractivity contribution is 5.95. The maximum Gasteiger partial charge on any atom is 0.257 e. The quantitative estimate of drug-likeness (QED) is 0.865. The molecule has 6 heteroatoms. The molecule has 1 saturated heterocycles. The predicted molar refractivity (Wildman–Crippen MR) is 90.5 cm³/mol. The van der Waals surface area contributed by atoms with Crippen LogP contribution >= 0.6 is 0 Å². The Morgan fingerprint density at radius 1 is 1.25 bits per heavy atom. The number of benzene rings is 1. The molecule has 2 aromatic rings. The summed E-state index contributed by atoms with van der Waals surface area (Å²) in [5.74, 6) is 1.42. The monoisotopic (exact) mass is 329 g/mol. The Morgan fingerprint density at radius 3 is 2.62 bits per heavy atom. The molecule has 0 N–H and O–H groups in total. The lowest BCUT2D eigenvalue weighted by Gasteiger charge is -2.25. The highest BCUT2D eigenvalue weighted by Crippen LogP contribution is 2.37. The second-order valence-corrected chi connectivity index (χ2v) is 6.04. The number of carbonyl (C=O) groups is 1. The van der Waals surface area contributed by atoms with Crippen molar-refractivity contribution < 1.29 is 14.3 Å². The van der Waals surface area contributed by atoms with Gasteiger partial charge in [-0.05, 0) is 37.5 Å². The number of amides is 1. The van der Waals surface area contributed by atoms with Gasteiger partial charge in [0.1, 0.15) is 0 Å². The van der Waals surface area contributed by atoms with Gasteiger partial charge < -0.3 is 14.4 Å². The van der Waals surface area contributed by atoms with Crippen molar-refractivity contribution in [1.82, 2.24) is 14.7 Å². The zero-order chi connectivity index (χ0) is 17.3. The standard InChI is InChI=1S/C18H23N3O3/c1-12-14(11-19-20(12)2)18(22)21-9-5-6-15(21)13-7-8-16(23-3)17(10-13)24-4/h7-8,10-11,15H,5-6,9H2,1-4H3/t15-/m1/s1. The second kappa shape index (κ2) is 6.55. The zero-order valence-electron chi connectivity index (χ0n) is 14.6. The first-order valence-corrected chi connectivity index (χ1v) is 8.08. The first kappa shape index (κ1) is 16.4. The van der Waals surface area contributed by atoms with Gasteiger partial charge >= 0.3 is 0 Å². The van der Waals surface area contributed by atoms with E-state index in [0.717, 1.165) is 30.6 Å². The van der Waals surface area contributed by atoms with Crippen LogP contribution in [0.2, 0.25) is 0 Å². The Balaban J connectivity index is 1.91. The van der Waals surface area contributed by atoms with Gasteiger partial charge in [-0.2, -0.15) is 5.10 Å². The van der Waals surface area contributed by atoms with Crippen LogP contribution in [0.4, 0.5) is 0 Å². The molecule has 1 aliphatic heterocycles. The van der Waals surface area contributed by atoms with E-state index in [-0.39, 0.29) is 11.9 Å². The summed E-state index contributed by atoms with van der Waals surface area (Å²) >= 11 is 0. The van der Waals surface area contributed by atoms with E-state index in [1.165, 1.54) is 0 Å². The Labute approximate surface area is 142 Å². The first-order valence-electron chi connectivity index (χ1n) is 8.08. The maximum absolute atomic E-state index is 13.0. The van der Waals surface area contributed by atoms with E-state index in [1.807, 2.05) is 37.1 Å². The summed E-state index contributed by atoms with van der Waals surface area (Å²) in [6, 6.07) is 5.92. The summed E-state index contributed by atoms with van der Waals surface area (Å²) in [6.45, 7) is 2.67. The number of aryl methyl sites for hydroxylation is 1. The largest absolute Gasteiger partial charge is 0.493 e. The molecule has 0 spiro atoms. The predicted octanol–water partition coefficient (Wildman–Crippen LogP) is 2.72. The molecule has 2 heterocycles. The third-order valence-electron chi connectivity index (χ3n) is 4.77. The fourth-order valence-corrected chi connectivity index (χ4v) is 3.28. The van der Waals surface area contributed by atoms with Gasteiger partial charge in [0, 0.05) is 19.3 Å². The van der Waals surface area contributed by atoms with Crippen LogP contribution in [0.5, 0.6) is 11.5 Å². The van der Waals surface area contributed by atoms with Crippen LogP contribution in [-0.2, 0) is 7.05 Å². The molecule has 0 unspecified atom stereocenters. The summed E-state index contributed by atoms with van der Waals surface area (Å²) in [5.41, 5.74) is 2.63. The lowest BCUT2D eigenvalue weighted by Crippen LogP contribution is -2.30. The Kier molecular flexibility index (Phi) is 4.46. The molecule has 24 heavy (non-hydrogen) atoms. The molecule has 3 rings (SSSR count). The van der Waals surface area contributed by atoms with Crippen molar-refractivity contribution in [2.75, 3.05) is 20.8 Å². The maximum atomic E-state index is 13.0. The fraction of sp³-hybridized carbons (Fsp3) is 0.444. The highest BCUT2D eigenvalue weighted by atomic mass is 16.5. The van der Waals surface area contributed by atoms with Gasteiger partial charge in [0.15, 0.2) is 11.5 Å². The van der Waals surface area contributed by atoms with E-state index in [0.29, 0.717) is 17.1 Å². The minimum absolute atomic E-state index is 0.0397. The van der Waals surface area contributed by atoms with Gasteiger partial charge in [0.2, 0.25) is 0 Å². The van der Waals surface area contributed by atoms with Crippen LogP contribution in [0.25, 0.3) is 0 Å². The number of nitrogens with zero attached hydrogens (tertiary/aromatic N) is 3. The Bertz CT molecular complexity index is 754. The molecule has 1 aliphatic rings. The van der Waals surface area contributed by atoms with E-state index in [1.54, 1.807) is 25.1 Å². The molecule has 0 bridgehead atoms. The van der Waals surface area contributed by atoms with Crippen molar-refractivity contribution in [2.45, 2.75) is 25.8 Å². The van der Waals surface area contributed by atoms with Crippen LogP contribution in [0, 0.1) is 6.92 Å². The summed E-state index contributed by atoms with van der Waals surface area (Å²) in [6.07, 6.45) is 3.59. The normalized spacial score (nSPS) is 17.2. The van der Waals surface area contributed by atoms with Crippen molar-refractivity contribution in [3.05, 3.63) is 41.2 Å². The molecule has 6 nitrogen and oxygen atoms in total. The van der Waals surface area contributed by atoms with E-state index < -0.39 is 0 Å². The zero-order valence-corrected chi connectivity index (χ0v) is 14.6. The Morgan fingerprint density at radius 2 is 2.00 bits per heavy atom. The molecule has 1 amide bonds. The molecule has 1 fully saturated rings. The van der Waals surface area contributed by atoms with Crippen molar-refractivity contribution in [3.8, 4) is 11.5 Å². The number of carbonyl (C=O) groups excluding carboxylic acids is 1. The summed E-state index contributed by atoms with van der Waals surface area (Å²) in [5, 5.41) is 4.19.